The van der Waals surface area contributed by atoms with Crippen LogP contribution in [-0.4, -0.2) is 30.6 Å². The van der Waals surface area contributed by atoms with Gasteiger partial charge in [-0.25, -0.2) is 0 Å². The summed E-state index contributed by atoms with van der Waals surface area (Å²) in [5.74, 6) is -1.39. The van der Waals surface area contributed by atoms with Gasteiger partial charge in [-0.15, -0.1) is 0 Å². The number of hydrogen-bond acceptors (Lipinski definition) is 9. The monoisotopic (exact) mass is 526 g/mol. The van der Waals surface area contributed by atoms with Gasteiger partial charge in [0.15, 0.2) is 0 Å². The quantitative estimate of drug-likeness (QED) is 0.180. The lowest BCUT2D eigenvalue weighted by Gasteiger charge is -2.29. The molecule has 0 saturated heterocycles. The maximum atomic E-state index is 14.0. The first kappa shape index (κ1) is 24.1. The average Bonchev–Trinajstić information content (AvgIpc) is 2.90. The van der Waals surface area contributed by atoms with E-state index in [0.717, 1.165) is 17.7 Å². The minimum absolute atomic E-state index is 0.0175. The minimum Gasteiger partial charge on any atom is -0.508 e. The van der Waals surface area contributed by atoms with Crippen molar-refractivity contribution in [3.05, 3.63) is 88.1 Å². The second-order valence-electron chi connectivity index (χ2n) is 9.35. The van der Waals surface area contributed by atoms with Crippen LogP contribution in [0.3, 0.4) is 0 Å². The van der Waals surface area contributed by atoms with E-state index < -0.39 is 23.0 Å². The third-order valence-corrected chi connectivity index (χ3v) is 6.86. The molecule has 4 aromatic carbocycles. The first-order valence-electron chi connectivity index (χ1n) is 12.1. The molecule has 196 valence electrons. The molecule has 1 aliphatic rings. The molecule has 6 rings (SSSR count). The molecule has 0 spiro atoms. The summed E-state index contributed by atoms with van der Waals surface area (Å²) in [5, 5.41) is 61.6. The van der Waals surface area contributed by atoms with E-state index in [-0.39, 0.29) is 56.6 Å². The lowest BCUT2D eigenvalue weighted by atomic mass is 9.90. The third-order valence-electron chi connectivity index (χ3n) is 6.86. The summed E-state index contributed by atoms with van der Waals surface area (Å²) in [5.41, 5.74) is 0.479. The summed E-state index contributed by atoms with van der Waals surface area (Å²) >= 11 is 0. The van der Waals surface area contributed by atoms with Crippen LogP contribution >= 0.6 is 0 Å². The molecule has 0 fully saturated rings. The number of ether oxygens (including phenoxy) is 1. The lowest BCUT2D eigenvalue weighted by Crippen LogP contribution is -2.17. The molecule has 0 radical (unpaired) electrons. The van der Waals surface area contributed by atoms with E-state index in [2.05, 4.69) is 0 Å². The van der Waals surface area contributed by atoms with Gasteiger partial charge in [0.05, 0.1) is 11.1 Å². The highest BCUT2D eigenvalue weighted by atomic mass is 16.5. The van der Waals surface area contributed by atoms with Crippen LogP contribution in [-0.2, 0) is 6.42 Å². The van der Waals surface area contributed by atoms with Gasteiger partial charge in [0.2, 0.25) is 5.43 Å². The van der Waals surface area contributed by atoms with Crippen molar-refractivity contribution in [1.29, 1.82) is 0 Å². The predicted octanol–water partition coefficient (Wildman–Crippen LogP) is 5.43. The lowest BCUT2D eigenvalue weighted by molar-refractivity contribution is 0.175. The van der Waals surface area contributed by atoms with Gasteiger partial charge in [0.1, 0.15) is 63.1 Å². The fourth-order valence-electron chi connectivity index (χ4n) is 5.01. The second-order valence-corrected chi connectivity index (χ2v) is 9.35. The molecule has 9 nitrogen and oxygen atoms in total. The number of fused-ring (bicyclic) bond motifs is 2. The zero-order valence-electron chi connectivity index (χ0n) is 20.3. The van der Waals surface area contributed by atoms with E-state index in [1.165, 1.54) is 42.5 Å². The summed E-state index contributed by atoms with van der Waals surface area (Å²) in [6, 6.07) is 15.6. The first-order valence-corrected chi connectivity index (χ1v) is 12.1. The van der Waals surface area contributed by atoms with E-state index in [0.29, 0.717) is 24.0 Å². The Bertz CT molecular complexity index is 1800. The normalized spacial score (nSPS) is 14.6. The van der Waals surface area contributed by atoms with Crippen molar-refractivity contribution in [3.63, 3.8) is 0 Å². The van der Waals surface area contributed by atoms with Crippen molar-refractivity contribution >= 4 is 11.0 Å². The number of aromatic hydroxyl groups is 6. The maximum absolute atomic E-state index is 14.0. The molecule has 0 bridgehead atoms. The van der Waals surface area contributed by atoms with Crippen molar-refractivity contribution in [2.75, 3.05) is 0 Å². The Hall–Kier alpha value is -5.31. The molecule has 2 heterocycles. The van der Waals surface area contributed by atoms with E-state index in [1.54, 1.807) is 12.1 Å². The number of benzene rings is 4. The van der Waals surface area contributed by atoms with E-state index >= 15 is 0 Å². The van der Waals surface area contributed by atoms with Gasteiger partial charge in [-0.1, -0.05) is 12.1 Å². The van der Waals surface area contributed by atoms with Crippen molar-refractivity contribution < 1.29 is 39.8 Å². The molecule has 0 amide bonds. The van der Waals surface area contributed by atoms with E-state index in [9.17, 15) is 35.4 Å². The Kier molecular flexibility index (Phi) is 5.50. The highest BCUT2D eigenvalue weighted by molar-refractivity contribution is 5.96. The highest BCUT2D eigenvalue weighted by Gasteiger charge is 2.32. The molecule has 39 heavy (non-hydrogen) atoms. The van der Waals surface area contributed by atoms with Gasteiger partial charge in [0.25, 0.3) is 0 Å². The zero-order valence-corrected chi connectivity index (χ0v) is 20.3. The van der Waals surface area contributed by atoms with E-state index in [4.69, 9.17) is 9.15 Å². The van der Waals surface area contributed by atoms with Crippen LogP contribution in [0.5, 0.6) is 40.2 Å². The molecule has 6 N–H and O–H groups in total. The predicted molar refractivity (Wildman–Crippen MR) is 141 cm³/mol. The largest absolute Gasteiger partial charge is 0.508 e. The van der Waals surface area contributed by atoms with Crippen molar-refractivity contribution in [3.8, 4) is 62.7 Å². The van der Waals surface area contributed by atoms with Crippen molar-refractivity contribution in [2.45, 2.75) is 18.9 Å². The fourth-order valence-corrected chi connectivity index (χ4v) is 5.01. The Morgan fingerprint density at radius 3 is 2.05 bits per heavy atom. The molecule has 1 atom stereocenters. The molecule has 5 aromatic rings. The first-order chi connectivity index (χ1) is 18.7. The Balaban J connectivity index is 1.66. The van der Waals surface area contributed by atoms with Gasteiger partial charge >= 0.3 is 0 Å². The molecule has 0 aliphatic carbocycles. The minimum atomic E-state index is -0.713. The SMILES string of the molecule is O=c1c(-c2c(O)cc(O)c3c2O[C@H](c2ccc(O)cc2)CC3)c(-c2ccc(O)cc2)oc2cc(O)cc(O)c12. The summed E-state index contributed by atoms with van der Waals surface area (Å²) in [7, 11) is 0. The topological polar surface area (TPSA) is 161 Å². The van der Waals surface area contributed by atoms with Crippen molar-refractivity contribution in [1.82, 2.24) is 0 Å². The molecule has 0 unspecified atom stereocenters. The zero-order chi connectivity index (χ0) is 27.4. The van der Waals surface area contributed by atoms with Crippen LogP contribution in [0.25, 0.3) is 33.4 Å². The van der Waals surface area contributed by atoms with Crippen LogP contribution in [0, 0.1) is 0 Å². The third kappa shape index (κ3) is 4.00. The van der Waals surface area contributed by atoms with Gasteiger partial charge in [-0.3, -0.25) is 4.79 Å². The number of phenolic OH excluding ortho intramolecular Hbond substituents is 6. The fraction of sp³-hybridized carbons (Fsp3) is 0.100. The van der Waals surface area contributed by atoms with Gasteiger partial charge in [-0.05, 0) is 54.8 Å². The van der Waals surface area contributed by atoms with Crippen LogP contribution in [0.15, 0.2) is 75.9 Å². The van der Waals surface area contributed by atoms with Crippen molar-refractivity contribution in [2.24, 2.45) is 0 Å². The van der Waals surface area contributed by atoms with E-state index in [1.807, 2.05) is 0 Å². The van der Waals surface area contributed by atoms with Crippen LogP contribution in [0.1, 0.15) is 23.7 Å². The number of rotatable bonds is 3. The Morgan fingerprint density at radius 2 is 1.36 bits per heavy atom. The molecule has 1 aliphatic heterocycles. The smallest absolute Gasteiger partial charge is 0.205 e. The molecule has 9 heteroatoms. The van der Waals surface area contributed by atoms with Gasteiger partial charge in [0, 0.05) is 29.3 Å². The Morgan fingerprint density at radius 1 is 0.692 bits per heavy atom. The molecule has 1 aromatic heterocycles. The van der Waals surface area contributed by atoms with Gasteiger partial charge < -0.3 is 39.8 Å². The van der Waals surface area contributed by atoms with Crippen LogP contribution in [0.4, 0.5) is 0 Å². The summed E-state index contributed by atoms with van der Waals surface area (Å²) in [6.07, 6.45) is 0.312. The number of phenols is 6. The molecule has 0 saturated carbocycles. The highest BCUT2D eigenvalue weighted by Crippen LogP contribution is 2.51. The van der Waals surface area contributed by atoms with Gasteiger partial charge in [-0.2, -0.15) is 0 Å². The summed E-state index contributed by atoms with van der Waals surface area (Å²) in [4.78, 5) is 14.0. The average molecular weight is 526 g/mol. The molecular weight excluding hydrogens is 504 g/mol. The maximum Gasteiger partial charge on any atom is 0.205 e. The van der Waals surface area contributed by atoms with Crippen LogP contribution < -0.4 is 10.2 Å². The Labute approximate surface area is 220 Å². The number of hydrogen-bond donors (Lipinski definition) is 6. The summed E-state index contributed by atoms with van der Waals surface area (Å²) < 4.78 is 12.4. The van der Waals surface area contributed by atoms with Crippen LogP contribution in [0.2, 0.25) is 0 Å². The standard InChI is InChI=1S/C30H22O9/c31-16-5-1-14(2-6-16)23-10-9-19-20(34)13-22(36)26(30(19)38-23)27-28(37)25-21(35)11-18(33)12-24(25)39-29(27)15-3-7-17(32)8-4-15/h1-8,11-13,23,31-36H,9-10H2/t23-/m0/s1. The molecular formula is C30H22O9. The summed E-state index contributed by atoms with van der Waals surface area (Å²) in [6.45, 7) is 0. The second kappa shape index (κ2) is 8.91.